The third kappa shape index (κ3) is 3.87. The molecule has 10 heteroatoms. The van der Waals surface area contributed by atoms with Gasteiger partial charge in [-0.05, 0) is 26.0 Å². The van der Waals surface area contributed by atoms with Gasteiger partial charge in [0, 0.05) is 10.9 Å². The van der Waals surface area contributed by atoms with Gasteiger partial charge in [0.2, 0.25) is 5.95 Å². The van der Waals surface area contributed by atoms with Crippen molar-refractivity contribution in [3.63, 3.8) is 0 Å². The number of aromatic nitrogens is 3. The number of hydrogen-bond acceptors (Lipinski definition) is 6. The van der Waals surface area contributed by atoms with Gasteiger partial charge >= 0.3 is 6.18 Å². The van der Waals surface area contributed by atoms with Crippen molar-refractivity contribution >= 4 is 34.3 Å². The number of halogens is 4. The number of benzene rings is 1. The van der Waals surface area contributed by atoms with E-state index in [1.807, 2.05) is 0 Å². The largest absolute Gasteiger partial charge is 0.490 e. The van der Waals surface area contributed by atoms with Gasteiger partial charge in [-0.15, -0.1) is 0 Å². The molecular formula is C19H17ClF3N5O. The van der Waals surface area contributed by atoms with Gasteiger partial charge in [0.1, 0.15) is 23.3 Å². The molecule has 0 fully saturated rings. The first-order chi connectivity index (χ1) is 13.7. The number of fused-ring (bicyclic) bond motifs is 5. The topological polar surface area (TPSA) is 72.0 Å². The molecule has 0 saturated heterocycles. The van der Waals surface area contributed by atoms with Crippen molar-refractivity contribution < 1.29 is 17.9 Å². The van der Waals surface area contributed by atoms with Crippen molar-refractivity contribution in [2.45, 2.75) is 32.1 Å². The summed E-state index contributed by atoms with van der Waals surface area (Å²) in [5.41, 5.74) is 0.116. The molecule has 2 atom stereocenters. The van der Waals surface area contributed by atoms with Crippen molar-refractivity contribution in [1.29, 1.82) is 0 Å². The minimum absolute atomic E-state index is 0.00239. The zero-order valence-electron chi connectivity index (χ0n) is 15.5. The molecule has 1 unspecified atom stereocenters. The fourth-order valence-electron chi connectivity index (χ4n) is 3.21. The Labute approximate surface area is 169 Å². The Hall–Kier alpha value is -2.81. The van der Waals surface area contributed by atoms with Crippen LogP contribution in [0.15, 0.2) is 30.5 Å². The summed E-state index contributed by atoms with van der Waals surface area (Å²) in [5, 5.41) is 7.11. The van der Waals surface area contributed by atoms with Gasteiger partial charge in [-0.2, -0.15) is 18.2 Å². The van der Waals surface area contributed by atoms with E-state index in [0.717, 1.165) is 6.07 Å². The fraction of sp³-hybridized carbons (Fsp3) is 0.316. The van der Waals surface area contributed by atoms with Crippen molar-refractivity contribution in [2.24, 2.45) is 0 Å². The third-order valence-corrected chi connectivity index (χ3v) is 4.78. The predicted octanol–water partition coefficient (Wildman–Crippen LogP) is 5.06. The lowest BCUT2D eigenvalue weighted by Crippen LogP contribution is -2.25. The highest BCUT2D eigenvalue weighted by molar-refractivity contribution is 6.30. The first kappa shape index (κ1) is 19.5. The van der Waals surface area contributed by atoms with Gasteiger partial charge in [0.15, 0.2) is 0 Å². The molecule has 1 aliphatic rings. The Kier molecular flexibility index (Phi) is 4.85. The molecule has 3 aromatic rings. The summed E-state index contributed by atoms with van der Waals surface area (Å²) in [4.78, 5) is 13.0. The van der Waals surface area contributed by atoms with Crippen LogP contribution in [-0.4, -0.2) is 27.6 Å². The van der Waals surface area contributed by atoms with Crippen molar-refractivity contribution in [3.8, 4) is 5.75 Å². The number of nitrogens with zero attached hydrogens (tertiary/aromatic N) is 3. The number of pyridine rings is 1. The lowest BCUT2D eigenvalue weighted by atomic mass is 10.0. The van der Waals surface area contributed by atoms with Gasteiger partial charge in [0.25, 0.3) is 0 Å². The van der Waals surface area contributed by atoms with Crippen LogP contribution in [0.1, 0.15) is 31.0 Å². The molecule has 4 rings (SSSR count). The Balaban J connectivity index is 1.89. The van der Waals surface area contributed by atoms with Gasteiger partial charge in [-0.3, -0.25) is 0 Å². The normalized spacial score (nSPS) is 19.4. The van der Waals surface area contributed by atoms with E-state index in [0.29, 0.717) is 28.2 Å². The van der Waals surface area contributed by atoms with Crippen molar-refractivity contribution in [2.75, 3.05) is 17.2 Å². The Morgan fingerprint density at radius 3 is 2.72 bits per heavy atom. The monoisotopic (exact) mass is 423 g/mol. The number of ether oxygens (including phenoxy) is 1. The second-order valence-corrected chi connectivity index (χ2v) is 7.25. The van der Waals surface area contributed by atoms with Crippen LogP contribution < -0.4 is 15.4 Å². The Morgan fingerprint density at radius 2 is 1.97 bits per heavy atom. The van der Waals surface area contributed by atoms with E-state index < -0.39 is 17.8 Å². The summed E-state index contributed by atoms with van der Waals surface area (Å²) in [6.07, 6.45) is -3.01. The lowest BCUT2D eigenvalue weighted by molar-refractivity contribution is -0.139. The zero-order chi connectivity index (χ0) is 20.8. The first-order valence-electron chi connectivity index (χ1n) is 8.91. The Morgan fingerprint density at radius 1 is 1.17 bits per heavy atom. The standard InChI is InChI=1S/C19H17ClF3N5O/c1-9-8-29-16-11(4-3-5-13(16)19(21,22)23)10(2)26-17-12-6-15(20)24-7-14(12)27-18(25-9)28-17/h3-7,9-10H,8H2,1-2H3,(H2,25,26,27,28)/t9?,10-/m1/s1. The minimum atomic E-state index is -4.54. The maximum Gasteiger partial charge on any atom is 0.419 e. The molecule has 2 N–H and O–H groups in total. The molecule has 0 spiro atoms. The van der Waals surface area contributed by atoms with Gasteiger partial charge in [0.05, 0.1) is 29.4 Å². The number of rotatable bonds is 0. The van der Waals surface area contributed by atoms with Crippen LogP contribution in [0.3, 0.4) is 0 Å². The molecular weight excluding hydrogens is 407 g/mol. The van der Waals surface area contributed by atoms with Crippen molar-refractivity contribution in [3.05, 3.63) is 46.7 Å². The molecule has 0 radical (unpaired) electrons. The van der Waals surface area contributed by atoms with Gasteiger partial charge in [-0.25, -0.2) is 9.97 Å². The second kappa shape index (κ2) is 7.22. The summed E-state index contributed by atoms with van der Waals surface area (Å²) in [6.45, 7) is 3.52. The molecule has 3 heterocycles. The quantitative estimate of drug-likeness (QED) is 0.492. The van der Waals surface area contributed by atoms with Crippen LogP contribution in [0.2, 0.25) is 5.15 Å². The predicted molar refractivity (Wildman–Crippen MR) is 104 cm³/mol. The van der Waals surface area contributed by atoms with E-state index in [1.54, 1.807) is 26.0 Å². The number of hydrogen-bond donors (Lipinski definition) is 2. The van der Waals surface area contributed by atoms with Crippen LogP contribution in [-0.2, 0) is 6.18 Å². The molecule has 29 heavy (non-hydrogen) atoms. The number of nitrogens with one attached hydrogen (secondary N) is 2. The highest BCUT2D eigenvalue weighted by Gasteiger charge is 2.36. The van der Waals surface area contributed by atoms with Crippen LogP contribution in [0, 0.1) is 0 Å². The van der Waals surface area contributed by atoms with Crippen LogP contribution >= 0.6 is 11.6 Å². The average Bonchev–Trinajstić information content (AvgIpc) is 2.67. The fourth-order valence-corrected chi connectivity index (χ4v) is 3.37. The third-order valence-electron chi connectivity index (χ3n) is 4.57. The molecule has 0 aliphatic carbocycles. The molecule has 0 amide bonds. The minimum Gasteiger partial charge on any atom is -0.490 e. The summed E-state index contributed by atoms with van der Waals surface area (Å²) in [5.74, 6) is 0.557. The highest BCUT2D eigenvalue weighted by Crippen LogP contribution is 2.41. The van der Waals surface area contributed by atoms with E-state index >= 15 is 0 Å². The maximum atomic E-state index is 13.6. The van der Waals surface area contributed by atoms with E-state index in [1.165, 1.54) is 12.3 Å². The molecule has 1 aromatic carbocycles. The van der Waals surface area contributed by atoms with Crippen LogP contribution in [0.4, 0.5) is 24.9 Å². The lowest BCUT2D eigenvalue weighted by Gasteiger charge is -2.22. The van der Waals surface area contributed by atoms with Gasteiger partial charge < -0.3 is 15.4 Å². The van der Waals surface area contributed by atoms with Gasteiger partial charge in [-0.1, -0.05) is 23.7 Å². The van der Waals surface area contributed by atoms with E-state index in [-0.39, 0.29) is 23.6 Å². The summed E-state index contributed by atoms with van der Waals surface area (Å²) in [7, 11) is 0. The van der Waals surface area contributed by atoms with E-state index in [9.17, 15) is 13.2 Å². The summed E-state index contributed by atoms with van der Waals surface area (Å²) < 4.78 is 46.4. The summed E-state index contributed by atoms with van der Waals surface area (Å²) in [6, 6.07) is 4.74. The van der Waals surface area contributed by atoms with Crippen molar-refractivity contribution in [1.82, 2.24) is 15.0 Å². The smallest absolute Gasteiger partial charge is 0.419 e. The number of para-hydroxylation sites is 1. The van der Waals surface area contributed by atoms with Crippen LogP contribution in [0.25, 0.3) is 10.9 Å². The zero-order valence-corrected chi connectivity index (χ0v) is 16.3. The summed E-state index contributed by atoms with van der Waals surface area (Å²) >= 11 is 6.02. The highest BCUT2D eigenvalue weighted by atomic mass is 35.5. The molecule has 1 aliphatic heterocycles. The molecule has 6 nitrogen and oxygen atoms in total. The average molecular weight is 424 g/mol. The first-order valence-corrected chi connectivity index (χ1v) is 9.29. The maximum absolute atomic E-state index is 13.6. The molecule has 152 valence electrons. The van der Waals surface area contributed by atoms with E-state index in [4.69, 9.17) is 16.3 Å². The second-order valence-electron chi connectivity index (χ2n) is 6.86. The van der Waals surface area contributed by atoms with Crippen LogP contribution in [0.5, 0.6) is 5.75 Å². The van der Waals surface area contributed by atoms with E-state index in [2.05, 4.69) is 25.6 Å². The number of alkyl halides is 3. The molecule has 0 saturated carbocycles. The molecule has 2 bridgehead atoms. The number of anilines is 2. The molecule has 2 aromatic heterocycles. The SMILES string of the molecule is CC1COc2c(cccc2C(F)(F)F)[C@@H](C)Nc2nc(nc3cnc(Cl)cc23)N1. The Bertz CT molecular complexity index is 1080.